The van der Waals surface area contributed by atoms with Gasteiger partial charge in [-0.05, 0) is 37.0 Å². The third kappa shape index (κ3) is 7.41. The SMILES string of the molecule is COC(=O)C1C(C)=NC(C)=C(C(=O)OCCCN2CCN(C(c3ccccc3)c3ccccc3)CC2)C1c1cccc([N+](=O)[O-])c1. The molecule has 46 heavy (non-hydrogen) atoms. The van der Waals surface area contributed by atoms with Gasteiger partial charge in [-0.15, -0.1) is 0 Å². The number of benzene rings is 3. The van der Waals surface area contributed by atoms with E-state index in [1.54, 1.807) is 26.0 Å². The summed E-state index contributed by atoms with van der Waals surface area (Å²) in [5.74, 6) is -2.90. The Balaban J connectivity index is 1.21. The maximum atomic E-state index is 13.6. The van der Waals surface area contributed by atoms with Gasteiger partial charge in [0.1, 0.15) is 5.92 Å². The molecule has 1 saturated heterocycles. The lowest BCUT2D eigenvalue weighted by Crippen LogP contribution is -2.48. The van der Waals surface area contributed by atoms with Crippen molar-refractivity contribution in [2.24, 2.45) is 10.9 Å². The van der Waals surface area contributed by atoms with Gasteiger partial charge in [-0.25, -0.2) is 4.79 Å². The van der Waals surface area contributed by atoms with E-state index in [1.807, 2.05) is 12.1 Å². The molecular weight excluding hydrogens is 584 g/mol. The maximum absolute atomic E-state index is 13.6. The molecule has 2 atom stereocenters. The van der Waals surface area contributed by atoms with Gasteiger partial charge in [0.2, 0.25) is 0 Å². The van der Waals surface area contributed by atoms with E-state index in [2.05, 4.69) is 63.3 Å². The molecule has 2 heterocycles. The molecule has 10 heteroatoms. The minimum Gasteiger partial charge on any atom is -0.468 e. The number of piperazine rings is 1. The van der Waals surface area contributed by atoms with Gasteiger partial charge < -0.3 is 14.4 Å². The van der Waals surface area contributed by atoms with Crippen molar-refractivity contribution in [1.29, 1.82) is 0 Å². The summed E-state index contributed by atoms with van der Waals surface area (Å²) in [6.07, 6.45) is 0.642. The molecule has 2 aliphatic rings. The average Bonchev–Trinajstić information content (AvgIpc) is 3.07. The molecule has 5 rings (SSSR count). The highest BCUT2D eigenvalue weighted by Crippen LogP contribution is 2.41. The second-order valence-corrected chi connectivity index (χ2v) is 11.7. The molecule has 0 saturated carbocycles. The van der Waals surface area contributed by atoms with E-state index in [0.29, 0.717) is 23.4 Å². The summed E-state index contributed by atoms with van der Waals surface area (Å²) in [5.41, 5.74) is 3.97. The van der Waals surface area contributed by atoms with E-state index in [-0.39, 0.29) is 23.9 Å². The van der Waals surface area contributed by atoms with Crippen molar-refractivity contribution >= 4 is 23.3 Å². The van der Waals surface area contributed by atoms with Crippen LogP contribution in [0.4, 0.5) is 5.69 Å². The summed E-state index contributed by atoms with van der Waals surface area (Å²) in [6.45, 7) is 7.98. The number of carbonyl (C=O) groups is 2. The zero-order valence-corrected chi connectivity index (χ0v) is 26.5. The van der Waals surface area contributed by atoms with Crippen molar-refractivity contribution in [2.75, 3.05) is 46.4 Å². The number of hydrogen-bond donors (Lipinski definition) is 0. The van der Waals surface area contributed by atoms with Gasteiger partial charge >= 0.3 is 11.9 Å². The smallest absolute Gasteiger partial charge is 0.336 e. The van der Waals surface area contributed by atoms with Crippen LogP contribution in [-0.2, 0) is 19.1 Å². The van der Waals surface area contributed by atoms with E-state index in [9.17, 15) is 19.7 Å². The number of non-ortho nitro benzene ring substituents is 1. The highest BCUT2D eigenvalue weighted by molar-refractivity contribution is 6.07. The summed E-state index contributed by atoms with van der Waals surface area (Å²) in [6, 6.07) is 27.3. The number of nitrogens with zero attached hydrogens (tertiary/aromatic N) is 4. The molecular formula is C36H40N4O6. The number of rotatable bonds is 11. The monoisotopic (exact) mass is 624 g/mol. The molecule has 2 unspecified atom stereocenters. The molecule has 3 aromatic carbocycles. The number of allylic oxidation sites excluding steroid dienone is 1. The summed E-state index contributed by atoms with van der Waals surface area (Å²) in [4.78, 5) is 46.9. The molecule has 0 amide bonds. The Kier molecular flexibility index (Phi) is 10.7. The summed E-state index contributed by atoms with van der Waals surface area (Å²) in [5, 5.41) is 11.5. The van der Waals surface area contributed by atoms with E-state index >= 15 is 0 Å². The molecule has 0 aromatic heterocycles. The third-order valence-electron chi connectivity index (χ3n) is 8.80. The van der Waals surface area contributed by atoms with Gasteiger partial charge in [0.05, 0.1) is 30.3 Å². The average molecular weight is 625 g/mol. The fourth-order valence-corrected chi connectivity index (χ4v) is 6.59. The Morgan fingerprint density at radius 3 is 2.15 bits per heavy atom. The van der Waals surface area contributed by atoms with Gasteiger partial charge in [0, 0.05) is 62.2 Å². The van der Waals surface area contributed by atoms with E-state index < -0.39 is 28.7 Å². The van der Waals surface area contributed by atoms with Gasteiger partial charge in [-0.1, -0.05) is 72.8 Å². The quantitative estimate of drug-likeness (QED) is 0.118. The second-order valence-electron chi connectivity index (χ2n) is 11.7. The number of methoxy groups -OCH3 is 1. The fraction of sp³-hybridized carbons (Fsp3) is 0.361. The van der Waals surface area contributed by atoms with Crippen LogP contribution in [0.5, 0.6) is 0 Å². The molecule has 10 nitrogen and oxygen atoms in total. The minimum absolute atomic E-state index is 0.134. The minimum atomic E-state index is -0.912. The number of nitro benzene ring substituents is 1. The number of ether oxygens (including phenoxy) is 2. The van der Waals surface area contributed by atoms with Crippen LogP contribution in [0.2, 0.25) is 0 Å². The molecule has 3 aromatic rings. The lowest BCUT2D eigenvalue weighted by atomic mass is 9.75. The zero-order valence-electron chi connectivity index (χ0n) is 26.5. The third-order valence-corrected chi connectivity index (χ3v) is 8.80. The fourth-order valence-electron chi connectivity index (χ4n) is 6.59. The predicted octanol–water partition coefficient (Wildman–Crippen LogP) is 5.56. The van der Waals surface area contributed by atoms with Crippen LogP contribution >= 0.6 is 0 Å². The lowest BCUT2D eigenvalue weighted by molar-refractivity contribution is -0.384. The van der Waals surface area contributed by atoms with Crippen molar-refractivity contribution < 1.29 is 24.0 Å². The normalized spacial score (nSPS) is 19.1. The predicted molar refractivity (Wildman–Crippen MR) is 175 cm³/mol. The Bertz CT molecular complexity index is 1560. The van der Waals surface area contributed by atoms with Crippen LogP contribution in [0.1, 0.15) is 48.9 Å². The van der Waals surface area contributed by atoms with E-state index in [4.69, 9.17) is 9.47 Å². The molecule has 2 aliphatic heterocycles. The first-order valence-corrected chi connectivity index (χ1v) is 15.6. The van der Waals surface area contributed by atoms with Crippen LogP contribution in [0.25, 0.3) is 0 Å². The van der Waals surface area contributed by atoms with Crippen LogP contribution in [0.3, 0.4) is 0 Å². The summed E-state index contributed by atoms with van der Waals surface area (Å²) in [7, 11) is 1.27. The highest BCUT2D eigenvalue weighted by Gasteiger charge is 2.42. The maximum Gasteiger partial charge on any atom is 0.336 e. The molecule has 240 valence electrons. The number of nitro groups is 1. The number of carbonyl (C=O) groups excluding carboxylic acids is 2. The van der Waals surface area contributed by atoms with Crippen molar-refractivity contribution in [3.63, 3.8) is 0 Å². The van der Waals surface area contributed by atoms with E-state index in [1.165, 1.54) is 30.4 Å². The molecule has 0 spiro atoms. The zero-order chi connectivity index (χ0) is 32.6. The highest BCUT2D eigenvalue weighted by atomic mass is 16.6. The summed E-state index contributed by atoms with van der Waals surface area (Å²) >= 11 is 0. The standard InChI is InChI=1S/C36H40N4O6/c1-25-31(35(41)45-3)33(29-16-10-17-30(24-29)40(43)44)32(26(2)37-25)36(42)46-23-11-18-38-19-21-39(22-20-38)34(27-12-6-4-7-13-27)28-14-8-5-9-15-28/h4-10,12-17,24,31,33-34H,11,18-23H2,1-3H3. The molecule has 0 N–H and O–H groups in total. The lowest BCUT2D eigenvalue weighted by Gasteiger charge is -2.39. The van der Waals surface area contributed by atoms with Crippen LogP contribution in [0, 0.1) is 16.0 Å². The van der Waals surface area contributed by atoms with Crippen LogP contribution in [0.15, 0.2) is 101 Å². The number of hydrogen-bond acceptors (Lipinski definition) is 9. The van der Waals surface area contributed by atoms with Crippen molar-refractivity contribution in [2.45, 2.75) is 32.2 Å². The van der Waals surface area contributed by atoms with Gasteiger partial charge in [0.15, 0.2) is 0 Å². The summed E-state index contributed by atoms with van der Waals surface area (Å²) < 4.78 is 10.8. The second kappa shape index (κ2) is 15.1. The number of aliphatic imine (C=N–C) groups is 1. The largest absolute Gasteiger partial charge is 0.468 e. The molecule has 0 radical (unpaired) electrons. The van der Waals surface area contributed by atoms with Crippen molar-refractivity contribution in [3.8, 4) is 0 Å². The Morgan fingerprint density at radius 1 is 0.935 bits per heavy atom. The first kappa shape index (κ1) is 32.7. The first-order valence-electron chi connectivity index (χ1n) is 15.6. The van der Waals surface area contributed by atoms with Gasteiger partial charge in [-0.2, -0.15) is 0 Å². The van der Waals surface area contributed by atoms with E-state index in [0.717, 1.165) is 32.7 Å². The number of esters is 2. The van der Waals surface area contributed by atoms with Crippen LogP contribution < -0.4 is 0 Å². The first-order chi connectivity index (χ1) is 22.3. The topological polar surface area (TPSA) is 115 Å². The molecule has 0 bridgehead atoms. The van der Waals surface area contributed by atoms with Crippen molar-refractivity contribution in [3.05, 3.63) is 123 Å². The van der Waals surface area contributed by atoms with Gasteiger partial charge in [-0.3, -0.25) is 24.8 Å². The van der Waals surface area contributed by atoms with Crippen molar-refractivity contribution in [1.82, 2.24) is 9.80 Å². The molecule has 0 aliphatic carbocycles. The Hall–Kier alpha value is -4.67. The molecule has 1 fully saturated rings. The Labute approximate surface area is 269 Å². The van der Waals surface area contributed by atoms with Crippen LogP contribution in [-0.4, -0.2) is 78.8 Å². The van der Waals surface area contributed by atoms with Gasteiger partial charge in [0.25, 0.3) is 5.69 Å². The Morgan fingerprint density at radius 2 is 1.57 bits per heavy atom.